The van der Waals surface area contributed by atoms with Gasteiger partial charge in [-0.1, -0.05) is 12.1 Å². The Hall–Kier alpha value is -3.02. The SMILES string of the molecule is CCOc1ccccc1N(CC(=O)Nc1ccc(N(CC)CC)cc1)C(C)=O. The lowest BCUT2D eigenvalue weighted by Crippen LogP contribution is -2.37. The van der Waals surface area contributed by atoms with Crippen molar-refractivity contribution >= 4 is 28.9 Å². The quantitative estimate of drug-likeness (QED) is 0.713. The zero-order chi connectivity index (χ0) is 20.5. The molecule has 0 aliphatic rings. The van der Waals surface area contributed by atoms with E-state index in [1.165, 1.54) is 11.8 Å². The van der Waals surface area contributed by atoms with Gasteiger partial charge in [-0.3, -0.25) is 14.5 Å². The van der Waals surface area contributed by atoms with Gasteiger partial charge in [-0.25, -0.2) is 0 Å². The summed E-state index contributed by atoms with van der Waals surface area (Å²) in [4.78, 5) is 28.4. The van der Waals surface area contributed by atoms with Crippen molar-refractivity contribution in [1.29, 1.82) is 0 Å². The van der Waals surface area contributed by atoms with Gasteiger partial charge in [0.25, 0.3) is 0 Å². The Balaban J connectivity index is 2.10. The molecule has 2 aromatic carbocycles. The number of amides is 2. The number of hydrogen-bond acceptors (Lipinski definition) is 4. The Kier molecular flexibility index (Phi) is 7.87. The van der Waals surface area contributed by atoms with E-state index < -0.39 is 0 Å². The largest absolute Gasteiger partial charge is 0.492 e. The van der Waals surface area contributed by atoms with Crippen LogP contribution in [0.4, 0.5) is 17.1 Å². The first-order chi connectivity index (χ1) is 13.5. The molecule has 0 bridgehead atoms. The van der Waals surface area contributed by atoms with Crippen molar-refractivity contribution in [3.63, 3.8) is 0 Å². The lowest BCUT2D eigenvalue weighted by molar-refractivity contribution is -0.120. The van der Waals surface area contributed by atoms with Crippen molar-refractivity contribution in [2.24, 2.45) is 0 Å². The van der Waals surface area contributed by atoms with E-state index in [0.29, 0.717) is 23.7 Å². The fourth-order valence-corrected chi connectivity index (χ4v) is 3.01. The van der Waals surface area contributed by atoms with Gasteiger partial charge in [-0.15, -0.1) is 0 Å². The third-order valence-corrected chi connectivity index (χ3v) is 4.42. The van der Waals surface area contributed by atoms with Crippen LogP contribution in [0.1, 0.15) is 27.7 Å². The first kappa shape index (κ1) is 21.3. The highest BCUT2D eigenvalue weighted by Gasteiger charge is 2.19. The van der Waals surface area contributed by atoms with Gasteiger partial charge in [0.2, 0.25) is 11.8 Å². The summed E-state index contributed by atoms with van der Waals surface area (Å²) < 4.78 is 5.59. The van der Waals surface area contributed by atoms with Crippen LogP contribution in [0.5, 0.6) is 5.75 Å². The summed E-state index contributed by atoms with van der Waals surface area (Å²) in [6.45, 7) is 9.78. The summed E-state index contributed by atoms with van der Waals surface area (Å²) in [6.07, 6.45) is 0. The molecule has 0 saturated carbocycles. The third kappa shape index (κ3) is 5.49. The monoisotopic (exact) mass is 383 g/mol. The maximum Gasteiger partial charge on any atom is 0.244 e. The van der Waals surface area contributed by atoms with Gasteiger partial charge < -0.3 is 15.0 Å². The smallest absolute Gasteiger partial charge is 0.244 e. The van der Waals surface area contributed by atoms with Gasteiger partial charge >= 0.3 is 0 Å². The van der Waals surface area contributed by atoms with Crippen LogP contribution in [0.2, 0.25) is 0 Å². The second-order valence-electron chi connectivity index (χ2n) is 6.27. The molecule has 28 heavy (non-hydrogen) atoms. The molecule has 0 saturated heterocycles. The van der Waals surface area contributed by atoms with Crippen LogP contribution in [0.3, 0.4) is 0 Å². The molecule has 2 rings (SSSR count). The molecule has 0 aromatic heterocycles. The molecule has 6 heteroatoms. The second-order valence-corrected chi connectivity index (χ2v) is 6.27. The van der Waals surface area contributed by atoms with E-state index in [9.17, 15) is 9.59 Å². The highest BCUT2D eigenvalue weighted by molar-refractivity contribution is 6.02. The topological polar surface area (TPSA) is 61.9 Å². The van der Waals surface area contributed by atoms with Gasteiger partial charge in [0.15, 0.2) is 0 Å². The number of ether oxygens (including phenoxy) is 1. The summed E-state index contributed by atoms with van der Waals surface area (Å²) >= 11 is 0. The Bertz CT molecular complexity index is 786. The van der Waals surface area contributed by atoms with Crippen molar-refractivity contribution in [3.05, 3.63) is 48.5 Å². The van der Waals surface area contributed by atoms with Crippen LogP contribution in [0.25, 0.3) is 0 Å². The van der Waals surface area contributed by atoms with Crippen molar-refractivity contribution in [3.8, 4) is 5.75 Å². The van der Waals surface area contributed by atoms with Gasteiger partial charge in [0.05, 0.1) is 12.3 Å². The van der Waals surface area contributed by atoms with Crippen molar-refractivity contribution < 1.29 is 14.3 Å². The summed E-state index contributed by atoms with van der Waals surface area (Å²) in [5.74, 6) is 0.0906. The van der Waals surface area contributed by atoms with E-state index >= 15 is 0 Å². The zero-order valence-electron chi connectivity index (χ0n) is 17.1. The first-order valence-electron chi connectivity index (χ1n) is 9.64. The molecular formula is C22H29N3O3. The highest BCUT2D eigenvalue weighted by Crippen LogP contribution is 2.28. The normalized spacial score (nSPS) is 10.3. The van der Waals surface area contributed by atoms with Crippen LogP contribution in [0.15, 0.2) is 48.5 Å². The van der Waals surface area contributed by atoms with Gasteiger partial charge in [-0.05, 0) is 57.2 Å². The maximum absolute atomic E-state index is 12.5. The number of hydrogen-bond donors (Lipinski definition) is 1. The van der Waals surface area contributed by atoms with Crippen LogP contribution >= 0.6 is 0 Å². The number of carbonyl (C=O) groups is 2. The predicted octanol–water partition coefficient (Wildman–Crippen LogP) is 3.92. The predicted molar refractivity (Wildman–Crippen MR) is 114 cm³/mol. The molecule has 0 spiro atoms. The number of benzene rings is 2. The fraction of sp³-hybridized carbons (Fsp3) is 0.364. The number of carbonyl (C=O) groups excluding carboxylic acids is 2. The fourth-order valence-electron chi connectivity index (χ4n) is 3.01. The Labute approximate surface area is 167 Å². The molecule has 150 valence electrons. The average Bonchev–Trinajstić information content (AvgIpc) is 2.69. The molecule has 0 atom stereocenters. The minimum absolute atomic E-state index is 0.0861. The number of nitrogens with one attached hydrogen (secondary N) is 1. The van der Waals surface area contributed by atoms with Crippen LogP contribution < -0.4 is 19.9 Å². The van der Waals surface area contributed by atoms with Crippen LogP contribution in [0, 0.1) is 0 Å². The lowest BCUT2D eigenvalue weighted by atomic mass is 10.2. The molecule has 0 aliphatic heterocycles. The maximum atomic E-state index is 12.5. The summed E-state index contributed by atoms with van der Waals surface area (Å²) in [7, 11) is 0. The van der Waals surface area contributed by atoms with Crippen molar-refractivity contribution in [2.75, 3.05) is 41.4 Å². The molecule has 0 radical (unpaired) electrons. The summed E-state index contributed by atoms with van der Waals surface area (Å²) in [5, 5.41) is 2.86. The van der Waals surface area contributed by atoms with Gasteiger partial charge in [0.1, 0.15) is 12.3 Å². The Morgan fingerprint density at radius 2 is 1.61 bits per heavy atom. The van der Waals surface area contributed by atoms with Crippen LogP contribution in [-0.4, -0.2) is 38.1 Å². The van der Waals surface area contributed by atoms with E-state index in [2.05, 4.69) is 24.1 Å². The summed E-state index contributed by atoms with van der Waals surface area (Å²) in [5.41, 5.74) is 2.39. The molecular weight excluding hydrogens is 354 g/mol. The van der Waals surface area contributed by atoms with Gasteiger partial charge in [-0.2, -0.15) is 0 Å². The molecule has 0 fully saturated rings. The standard InChI is InChI=1S/C22H29N3O3/c1-5-24(6-2)19-14-12-18(13-15-19)23-22(27)16-25(17(4)26)20-10-8-9-11-21(20)28-7-3/h8-15H,5-7,16H2,1-4H3,(H,23,27). The van der Waals surface area contributed by atoms with E-state index in [0.717, 1.165) is 18.8 Å². The Morgan fingerprint density at radius 1 is 0.964 bits per heavy atom. The number of rotatable bonds is 9. The minimum atomic E-state index is -0.267. The highest BCUT2D eigenvalue weighted by atomic mass is 16.5. The van der Waals surface area contributed by atoms with Crippen molar-refractivity contribution in [2.45, 2.75) is 27.7 Å². The molecule has 2 aromatic rings. The molecule has 6 nitrogen and oxygen atoms in total. The lowest BCUT2D eigenvalue weighted by Gasteiger charge is -2.23. The molecule has 2 amide bonds. The average molecular weight is 383 g/mol. The second kappa shape index (κ2) is 10.3. The number of para-hydroxylation sites is 2. The molecule has 0 aliphatic carbocycles. The summed E-state index contributed by atoms with van der Waals surface area (Å²) in [6, 6.07) is 14.9. The number of nitrogens with zero attached hydrogens (tertiary/aromatic N) is 2. The number of anilines is 3. The zero-order valence-corrected chi connectivity index (χ0v) is 17.1. The van der Waals surface area contributed by atoms with Crippen LogP contribution in [-0.2, 0) is 9.59 Å². The molecule has 1 N–H and O–H groups in total. The van der Waals surface area contributed by atoms with E-state index in [4.69, 9.17) is 4.74 Å². The van der Waals surface area contributed by atoms with E-state index in [-0.39, 0.29) is 18.4 Å². The van der Waals surface area contributed by atoms with E-state index in [1.807, 2.05) is 43.3 Å². The third-order valence-electron chi connectivity index (χ3n) is 4.42. The van der Waals surface area contributed by atoms with E-state index in [1.54, 1.807) is 12.1 Å². The van der Waals surface area contributed by atoms with Crippen molar-refractivity contribution in [1.82, 2.24) is 0 Å². The first-order valence-corrected chi connectivity index (χ1v) is 9.64. The molecule has 0 heterocycles. The van der Waals surface area contributed by atoms with Gasteiger partial charge in [0, 0.05) is 31.4 Å². The molecule has 0 unspecified atom stereocenters. The Morgan fingerprint density at radius 3 is 2.18 bits per heavy atom. The minimum Gasteiger partial charge on any atom is -0.492 e.